The highest BCUT2D eigenvalue weighted by atomic mass is 35.5. The number of piperidine rings is 1. The first kappa shape index (κ1) is 33.4. The summed E-state index contributed by atoms with van der Waals surface area (Å²) in [4.78, 5) is 41.2. The fourth-order valence-electron chi connectivity index (χ4n) is 6.40. The van der Waals surface area contributed by atoms with Crippen molar-refractivity contribution in [3.63, 3.8) is 0 Å². The van der Waals surface area contributed by atoms with Crippen molar-refractivity contribution in [2.24, 2.45) is 0 Å². The SMILES string of the molecule is CC[C@H]1CN(c2nc(N)c(C(=O)NCCO)nc2Cl)CCN1C1CCN(C(=O)c2ccc(F)c(C)c2NCc2ccccc2)CC1. The number of nitrogens with two attached hydrogens (primary N) is 1. The molecule has 0 saturated carbocycles. The third-order valence-electron chi connectivity index (χ3n) is 8.94. The van der Waals surface area contributed by atoms with E-state index in [-0.39, 0.29) is 47.6 Å². The Morgan fingerprint density at radius 3 is 2.52 bits per heavy atom. The van der Waals surface area contributed by atoms with E-state index in [0.717, 1.165) is 31.4 Å². The monoisotopic (exact) mass is 652 g/mol. The second-order valence-corrected chi connectivity index (χ2v) is 12.1. The van der Waals surface area contributed by atoms with Crippen LogP contribution in [0.2, 0.25) is 5.15 Å². The Morgan fingerprint density at radius 1 is 1.09 bits per heavy atom. The maximum absolute atomic E-state index is 14.6. The van der Waals surface area contributed by atoms with E-state index in [1.165, 1.54) is 6.07 Å². The van der Waals surface area contributed by atoms with Gasteiger partial charge in [0.1, 0.15) is 5.82 Å². The molecule has 2 aliphatic rings. The fraction of sp³-hybridized carbons (Fsp3) is 0.455. The van der Waals surface area contributed by atoms with Gasteiger partial charge in [0.2, 0.25) is 0 Å². The highest BCUT2D eigenvalue weighted by Gasteiger charge is 2.36. The molecule has 5 rings (SSSR count). The molecule has 5 N–H and O–H groups in total. The zero-order chi connectivity index (χ0) is 32.8. The van der Waals surface area contributed by atoms with Crippen molar-refractivity contribution in [1.82, 2.24) is 25.1 Å². The summed E-state index contributed by atoms with van der Waals surface area (Å²) >= 11 is 6.49. The molecule has 11 nitrogen and oxygen atoms in total. The topological polar surface area (TPSA) is 140 Å². The number of likely N-dealkylation sites (tertiary alicyclic amines) is 1. The molecular formula is C33H42ClFN8O3. The molecule has 2 saturated heterocycles. The number of halogens is 2. The number of aliphatic hydroxyl groups excluding tert-OH is 1. The van der Waals surface area contributed by atoms with Gasteiger partial charge in [0, 0.05) is 63.5 Å². The standard InChI is InChI=1S/C33H42ClFN8O3/c1-3-23-20-42(31-29(34)39-28(30(36)40-31)32(45)37-13-18-44)16-17-43(23)24-11-14-41(15-12-24)33(46)25-9-10-26(35)21(2)27(25)38-19-22-7-5-4-6-8-22/h4-10,23-24,38,44H,3,11-20H2,1-2H3,(H2,36,40)(H,37,45)/t23-/m0/s1. The van der Waals surface area contributed by atoms with E-state index in [2.05, 4.69) is 37.3 Å². The van der Waals surface area contributed by atoms with Gasteiger partial charge in [0.05, 0.1) is 17.9 Å². The number of aliphatic hydroxyl groups is 1. The molecule has 46 heavy (non-hydrogen) atoms. The first-order valence-corrected chi connectivity index (χ1v) is 16.2. The van der Waals surface area contributed by atoms with Crippen molar-refractivity contribution < 1.29 is 19.1 Å². The van der Waals surface area contributed by atoms with Crippen molar-refractivity contribution in [1.29, 1.82) is 0 Å². The van der Waals surface area contributed by atoms with E-state index >= 15 is 0 Å². The van der Waals surface area contributed by atoms with Gasteiger partial charge in [0.25, 0.3) is 11.8 Å². The number of hydrogen-bond donors (Lipinski definition) is 4. The molecule has 0 unspecified atom stereocenters. The maximum atomic E-state index is 14.6. The van der Waals surface area contributed by atoms with Gasteiger partial charge < -0.3 is 31.3 Å². The highest BCUT2D eigenvalue weighted by Crippen LogP contribution is 2.31. The molecule has 13 heteroatoms. The lowest BCUT2D eigenvalue weighted by molar-refractivity contribution is 0.0491. The molecule has 2 aromatic carbocycles. The van der Waals surface area contributed by atoms with Gasteiger partial charge in [-0.2, -0.15) is 0 Å². The number of piperazine rings is 1. The van der Waals surface area contributed by atoms with Gasteiger partial charge in [-0.15, -0.1) is 0 Å². The molecule has 0 bridgehead atoms. The molecule has 0 spiro atoms. The van der Waals surface area contributed by atoms with Gasteiger partial charge in [-0.3, -0.25) is 14.5 Å². The Balaban J connectivity index is 1.21. The van der Waals surface area contributed by atoms with Gasteiger partial charge in [-0.05, 0) is 43.9 Å². The normalized spacial score (nSPS) is 17.6. The van der Waals surface area contributed by atoms with Crippen molar-refractivity contribution in [3.8, 4) is 0 Å². The van der Waals surface area contributed by atoms with Gasteiger partial charge in [-0.1, -0.05) is 48.9 Å². The summed E-state index contributed by atoms with van der Waals surface area (Å²) in [6.07, 6.45) is 2.57. The van der Waals surface area contributed by atoms with E-state index in [4.69, 9.17) is 22.4 Å². The predicted octanol–water partition coefficient (Wildman–Crippen LogP) is 3.70. The van der Waals surface area contributed by atoms with Crippen molar-refractivity contribution in [3.05, 3.63) is 75.8 Å². The Bertz CT molecular complexity index is 1540. The number of amides is 2. The number of carbonyl (C=O) groups excluding carboxylic acids is 2. The molecule has 2 aliphatic heterocycles. The molecule has 0 radical (unpaired) electrons. The summed E-state index contributed by atoms with van der Waals surface area (Å²) < 4.78 is 14.6. The smallest absolute Gasteiger partial charge is 0.273 e. The highest BCUT2D eigenvalue weighted by molar-refractivity contribution is 6.32. The zero-order valence-electron chi connectivity index (χ0n) is 26.3. The summed E-state index contributed by atoms with van der Waals surface area (Å²) in [5.41, 5.74) is 8.53. The lowest BCUT2D eigenvalue weighted by atomic mass is 9.97. The van der Waals surface area contributed by atoms with E-state index < -0.39 is 5.91 Å². The molecule has 246 valence electrons. The lowest BCUT2D eigenvalue weighted by Gasteiger charge is -2.47. The number of hydrogen-bond acceptors (Lipinski definition) is 9. The third-order valence-corrected chi connectivity index (χ3v) is 9.19. The average molecular weight is 653 g/mol. The molecule has 3 aromatic rings. The number of nitrogen functional groups attached to an aromatic ring is 1. The largest absolute Gasteiger partial charge is 0.395 e. The summed E-state index contributed by atoms with van der Waals surface area (Å²) in [5, 5.41) is 14.9. The first-order valence-electron chi connectivity index (χ1n) is 15.8. The van der Waals surface area contributed by atoms with Crippen LogP contribution in [0.4, 0.5) is 21.7 Å². The number of nitrogens with one attached hydrogen (secondary N) is 2. The molecular weight excluding hydrogens is 611 g/mol. The quantitative estimate of drug-likeness (QED) is 0.258. The average Bonchev–Trinajstić information content (AvgIpc) is 3.08. The van der Waals surface area contributed by atoms with E-state index in [1.807, 2.05) is 35.2 Å². The van der Waals surface area contributed by atoms with Crippen LogP contribution in [0.1, 0.15) is 58.2 Å². The summed E-state index contributed by atoms with van der Waals surface area (Å²) in [7, 11) is 0. The minimum absolute atomic E-state index is 0.0165. The number of aromatic nitrogens is 2. The molecule has 1 atom stereocenters. The van der Waals surface area contributed by atoms with Crippen LogP contribution >= 0.6 is 11.6 Å². The number of carbonyl (C=O) groups is 2. The Labute approximate surface area is 273 Å². The van der Waals surface area contributed by atoms with Crippen LogP contribution in [-0.4, -0.2) is 94.6 Å². The Hall–Kier alpha value is -4.00. The van der Waals surface area contributed by atoms with Crippen LogP contribution in [0.15, 0.2) is 42.5 Å². The molecule has 0 aliphatic carbocycles. The summed E-state index contributed by atoms with van der Waals surface area (Å²) in [5.74, 6) is -0.541. The van der Waals surface area contributed by atoms with Gasteiger partial charge >= 0.3 is 0 Å². The minimum atomic E-state index is -0.539. The fourth-order valence-corrected chi connectivity index (χ4v) is 6.64. The first-order chi connectivity index (χ1) is 22.2. The lowest BCUT2D eigenvalue weighted by Crippen LogP contribution is -2.58. The molecule has 1 aromatic heterocycles. The number of benzene rings is 2. The van der Waals surface area contributed by atoms with Crippen LogP contribution in [-0.2, 0) is 6.54 Å². The van der Waals surface area contributed by atoms with Crippen molar-refractivity contribution >= 4 is 40.7 Å². The van der Waals surface area contributed by atoms with Crippen LogP contribution < -0.4 is 21.3 Å². The zero-order valence-corrected chi connectivity index (χ0v) is 27.1. The van der Waals surface area contributed by atoms with Gasteiger partial charge in [0.15, 0.2) is 22.5 Å². The summed E-state index contributed by atoms with van der Waals surface area (Å²) in [6.45, 7) is 7.55. The third kappa shape index (κ3) is 7.35. The molecule has 2 fully saturated rings. The number of rotatable bonds is 10. The maximum Gasteiger partial charge on any atom is 0.273 e. The van der Waals surface area contributed by atoms with Gasteiger partial charge in [-0.25, -0.2) is 14.4 Å². The second-order valence-electron chi connectivity index (χ2n) is 11.8. The van der Waals surface area contributed by atoms with E-state index in [1.54, 1.807) is 13.0 Å². The van der Waals surface area contributed by atoms with Crippen molar-refractivity contribution in [2.75, 3.05) is 61.8 Å². The Kier molecular flexibility index (Phi) is 10.9. The van der Waals surface area contributed by atoms with E-state index in [0.29, 0.717) is 61.4 Å². The van der Waals surface area contributed by atoms with Crippen molar-refractivity contribution in [2.45, 2.75) is 51.7 Å². The molecule has 3 heterocycles. The van der Waals surface area contributed by atoms with Crippen LogP contribution in [0.25, 0.3) is 0 Å². The predicted molar refractivity (Wildman–Crippen MR) is 178 cm³/mol. The second kappa shape index (κ2) is 15.1. The summed E-state index contributed by atoms with van der Waals surface area (Å²) in [6, 6.07) is 13.3. The number of nitrogens with zero attached hydrogens (tertiary/aromatic N) is 5. The van der Waals surface area contributed by atoms with Crippen LogP contribution in [0.5, 0.6) is 0 Å². The van der Waals surface area contributed by atoms with Crippen LogP contribution in [0.3, 0.4) is 0 Å². The minimum Gasteiger partial charge on any atom is -0.395 e. The Morgan fingerprint density at radius 2 is 1.83 bits per heavy atom. The number of anilines is 3. The van der Waals surface area contributed by atoms with E-state index in [9.17, 15) is 14.0 Å². The molecule has 2 amide bonds. The van der Waals surface area contributed by atoms with Crippen LogP contribution in [0, 0.1) is 12.7 Å².